The van der Waals surface area contributed by atoms with Gasteiger partial charge in [-0.1, -0.05) is 13.3 Å². The van der Waals surface area contributed by atoms with Gasteiger partial charge in [0.15, 0.2) is 0 Å². The lowest BCUT2D eigenvalue weighted by atomic mass is 10.1. The maximum atomic E-state index is 13.4. The van der Waals surface area contributed by atoms with Crippen LogP contribution in [0.3, 0.4) is 0 Å². The summed E-state index contributed by atoms with van der Waals surface area (Å²) in [7, 11) is -2.28. The molecule has 2 heterocycles. The zero-order valence-electron chi connectivity index (χ0n) is 20.8. The highest BCUT2D eigenvalue weighted by molar-refractivity contribution is 7.89. The molecule has 1 aromatic carbocycles. The second kappa shape index (κ2) is 10.8. The number of aryl methyl sites for hydroxylation is 2. The van der Waals surface area contributed by atoms with Crippen molar-refractivity contribution >= 4 is 27.5 Å². The monoisotopic (exact) mass is 506 g/mol. The molecule has 1 aromatic heterocycles. The number of nitrogens with one attached hydrogen (secondary N) is 2. The Hall–Kier alpha value is -2.96. The fourth-order valence-corrected chi connectivity index (χ4v) is 5.98. The van der Waals surface area contributed by atoms with Crippen LogP contribution in [-0.4, -0.2) is 66.1 Å². The third-order valence-corrected chi connectivity index (χ3v) is 7.56. The Kier molecular flexibility index (Phi) is 8.18. The maximum Gasteiger partial charge on any atom is 0.269 e. The van der Waals surface area contributed by atoms with Crippen LogP contribution in [0, 0.1) is 0 Å². The number of primary amides is 1. The molecule has 12 heteroatoms. The van der Waals surface area contributed by atoms with E-state index in [1.165, 1.54) is 27.2 Å². The van der Waals surface area contributed by atoms with Crippen LogP contribution in [0.15, 0.2) is 23.1 Å². The van der Waals surface area contributed by atoms with Crippen molar-refractivity contribution in [2.45, 2.75) is 57.5 Å². The molecule has 2 aromatic rings. The summed E-state index contributed by atoms with van der Waals surface area (Å²) >= 11 is 0. The zero-order valence-corrected chi connectivity index (χ0v) is 21.6. The first kappa shape index (κ1) is 26.6. The molecule has 2 amide bonds. The molecule has 4 N–H and O–H groups in total. The average Bonchev–Trinajstić information content (AvgIpc) is 3.08. The van der Waals surface area contributed by atoms with Crippen LogP contribution in [0.5, 0.6) is 5.75 Å². The van der Waals surface area contributed by atoms with E-state index in [-0.39, 0.29) is 46.3 Å². The SMILES string of the molecule is CCCc1nn(C)c(C(N)=O)c1NC(=O)c1cc(S(=O)(=O)N2CC(C)NC(C)C2)ccc1OCC. The highest BCUT2D eigenvalue weighted by Gasteiger charge is 2.32. The summed E-state index contributed by atoms with van der Waals surface area (Å²) in [5.41, 5.74) is 6.36. The van der Waals surface area contributed by atoms with Crippen molar-refractivity contribution in [3.63, 3.8) is 0 Å². The van der Waals surface area contributed by atoms with Crippen LogP contribution in [0.4, 0.5) is 5.69 Å². The molecule has 1 saturated heterocycles. The van der Waals surface area contributed by atoms with Gasteiger partial charge in [-0.15, -0.1) is 0 Å². The minimum absolute atomic E-state index is 0.00576. The Morgan fingerprint density at radius 3 is 2.46 bits per heavy atom. The molecule has 192 valence electrons. The van der Waals surface area contributed by atoms with Crippen LogP contribution in [0.25, 0.3) is 0 Å². The molecule has 1 aliphatic rings. The zero-order chi connectivity index (χ0) is 25.9. The molecule has 0 radical (unpaired) electrons. The second-order valence-electron chi connectivity index (χ2n) is 8.74. The Morgan fingerprint density at radius 1 is 1.23 bits per heavy atom. The third-order valence-electron chi connectivity index (χ3n) is 5.74. The molecule has 11 nitrogen and oxygen atoms in total. The van der Waals surface area contributed by atoms with Crippen molar-refractivity contribution in [2.24, 2.45) is 12.8 Å². The molecule has 1 aliphatic heterocycles. The number of aromatic nitrogens is 2. The van der Waals surface area contributed by atoms with E-state index in [9.17, 15) is 18.0 Å². The minimum Gasteiger partial charge on any atom is -0.493 e. The van der Waals surface area contributed by atoms with Gasteiger partial charge in [0.25, 0.3) is 11.8 Å². The summed E-state index contributed by atoms with van der Waals surface area (Å²) < 4.78 is 35.2. The minimum atomic E-state index is -3.86. The van der Waals surface area contributed by atoms with Crippen molar-refractivity contribution in [1.82, 2.24) is 19.4 Å². The molecule has 2 unspecified atom stereocenters. The topological polar surface area (TPSA) is 149 Å². The summed E-state index contributed by atoms with van der Waals surface area (Å²) in [6, 6.07) is 4.22. The number of hydrogen-bond acceptors (Lipinski definition) is 7. The van der Waals surface area contributed by atoms with E-state index in [0.717, 1.165) is 6.42 Å². The van der Waals surface area contributed by atoms with Crippen molar-refractivity contribution in [3.05, 3.63) is 35.2 Å². The Labute approximate surface area is 206 Å². The van der Waals surface area contributed by atoms with Gasteiger partial charge in [-0.2, -0.15) is 9.40 Å². The first-order chi connectivity index (χ1) is 16.5. The van der Waals surface area contributed by atoms with Crippen LogP contribution >= 0.6 is 0 Å². The van der Waals surface area contributed by atoms with Gasteiger partial charge >= 0.3 is 0 Å². The van der Waals surface area contributed by atoms with Crippen molar-refractivity contribution in [1.29, 1.82) is 0 Å². The molecule has 0 bridgehead atoms. The van der Waals surface area contributed by atoms with E-state index < -0.39 is 21.8 Å². The quantitative estimate of drug-likeness (QED) is 0.466. The third kappa shape index (κ3) is 5.65. The Balaban J connectivity index is 2.03. The number of hydrogen-bond donors (Lipinski definition) is 3. The van der Waals surface area contributed by atoms with Crippen LogP contribution in [0.2, 0.25) is 0 Å². The van der Waals surface area contributed by atoms with Gasteiger partial charge in [-0.05, 0) is 45.4 Å². The van der Waals surface area contributed by atoms with Crippen LogP contribution in [0.1, 0.15) is 60.7 Å². The van der Waals surface area contributed by atoms with E-state index in [1.54, 1.807) is 14.0 Å². The van der Waals surface area contributed by atoms with Gasteiger partial charge < -0.3 is 21.1 Å². The number of anilines is 1. The van der Waals surface area contributed by atoms with Gasteiger partial charge in [0, 0.05) is 32.2 Å². The molecule has 35 heavy (non-hydrogen) atoms. The summed E-state index contributed by atoms with van der Waals surface area (Å²) in [6.07, 6.45) is 1.25. The number of sulfonamides is 1. The maximum absolute atomic E-state index is 13.4. The summed E-state index contributed by atoms with van der Waals surface area (Å²) in [6.45, 7) is 8.48. The number of piperazine rings is 1. The number of benzene rings is 1. The van der Waals surface area contributed by atoms with E-state index in [1.807, 2.05) is 20.8 Å². The summed E-state index contributed by atoms with van der Waals surface area (Å²) in [4.78, 5) is 25.5. The number of ether oxygens (including phenoxy) is 1. The van der Waals surface area contributed by atoms with E-state index >= 15 is 0 Å². The van der Waals surface area contributed by atoms with Crippen LogP contribution in [-0.2, 0) is 23.5 Å². The van der Waals surface area contributed by atoms with Gasteiger partial charge in [0.2, 0.25) is 10.0 Å². The molecule has 2 atom stereocenters. The van der Waals surface area contributed by atoms with Crippen molar-refractivity contribution < 1.29 is 22.7 Å². The smallest absolute Gasteiger partial charge is 0.269 e. The van der Waals surface area contributed by atoms with Gasteiger partial charge in [0.1, 0.15) is 11.4 Å². The highest BCUT2D eigenvalue weighted by Crippen LogP contribution is 2.28. The highest BCUT2D eigenvalue weighted by atomic mass is 32.2. The summed E-state index contributed by atoms with van der Waals surface area (Å²) in [5.74, 6) is -1.13. The number of amides is 2. The van der Waals surface area contributed by atoms with E-state index in [0.29, 0.717) is 25.2 Å². The number of rotatable bonds is 9. The number of nitrogens with zero attached hydrogens (tertiary/aromatic N) is 3. The van der Waals surface area contributed by atoms with Gasteiger partial charge in [-0.25, -0.2) is 8.42 Å². The van der Waals surface area contributed by atoms with E-state index in [2.05, 4.69) is 15.7 Å². The first-order valence-corrected chi connectivity index (χ1v) is 13.1. The summed E-state index contributed by atoms with van der Waals surface area (Å²) in [5, 5.41) is 10.4. The van der Waals surface area contributed by atoms with Gasteiger partial charge in [0.05, 0.1) is 28.4 Å². The van der Waals surface area contributed by atoms with Gasteiger partial charge in [-0.3, -0.25) is 14.3 Å². The van der Waals surface area contributed by atoms with Crippen molar-refractivity contribution in [3.8, 4) is 5.75 Å². The predicted molar refractivity (Wildman–Crippen MR) is 132 cm³/mol. The normalized spacial score (nSPS) is 18.9. The van der Waals surface area contributed by atoms with Crippen molar-refractivity contribution in [2.75, 3.05) is 25.0 Å². The fraction of sp³-hybridized carbons (Fsp3) is 0.522. The molecule has 0 spiro atoms. The van der Waals surface area contributed by atoms with Crippen LogP contribution < -0.4 is 21.1 Å². The lowest BCUT2D eigenvalue weighted by Crippen LogP contribution is -2.55. The fourth-order valence-electron chi connectivity index (χ4n) is 4.34. The molecule has 1 fully saturated rings. The molecule has 3 rings (SSSR count). The molecule has 0 saturated carbocycles. The lowest BCUT2D eigenvalue weighted by Gasteiger charge is -2.35. The molecular weight excluding hydrogens is 472 g/mol. The first-order valence-electron chi connectivity index (χ1n) is 11.7. The number of nitrogens with two attached hydrogens (primary N) is 1. The second-order valence-corrected chi connectivity index (χ2v) is 10.7. The Morgan fingerprint density at radius 2 is 1.89 bits per heavy atom. The molecular formula is C23H34N6O5S. The lowest BCUT2D eigenvalue weighted by molar-refractivity contribution is 0.0992. The van der Waals surface area contributed by atoms with E-state index in [4.69, 9.17) is 10.5 Å². The Bertz CT molecular complexity index is 1200. The molecule has 0 aliphatic carbocycles. The number of carbonyl (C=O) groups excluding carboxylic acids is 2. The average molecular weight is 507 g/mol. The predicted octanol–water partition coefficient (Wildman–Crippen LogP) is 1.49. The number of carbonyl (C=O) groups is 2. The largest absolute Gasteiger partial charge is 0.493 e. The standard InChI is InChI=1S/C23H34N6O5S/c1-6-8-18-20(21(22(24)30)28(5)27-18)26-23(31)17-11-16(9-10-19(17)34-7-2)35(32,33)29-12-14(3)25-15(4)13-29/h9-11,14-15,25H,6-8,12-13H2,1-5H3,(H2,24,30)(H,26,31).